The Labute approximate surface area is 176 Å². The monoisotopic (exact) mass is 513 g/mol. The molecule has 0 radical (unpaired) electrons. The lowest BCUT2D eigenvalue weighted by Gasteiger charge is -2.08. The number of benzene rings is 2. The van der Waals surface area contributed by atoms with Gasteiger partial charge < -0.3 is 10.1 Å². The summed E-state index contributed by atoms with van der Waals surface area (Å²) in [7, 11) is 1.52. The number of rotatable bonds is 5. The molecule has 138 valence electrons. The first-order valence-electron chi connectivity index (χ1n) is 7.17. The van der Waals surface area contributed by atoms with Crippen LogP contribution in [-0.4, -0.2) is 17.9 Å². The van der Waals surface area contributed by atoms with Gasteiger partial charge in [0.15, 0.2) is 0 Å². The van der Waals surface area contributed by atoms with Crippen molar-refractivity contribution < 1.29 is 14.5 Å². The molecular formula is C17H10Br2ClN3O4. The number of anilines is 1. The number of nitro benzene ring substituents is 1. The molecule has 0 fully saturated rings. The number of carbonyl (C=O) groups excluding carboxylic acids is 1. The van der Waals surface area contributed by atoms with E-state index in [1.54, 1.807) is 12.1 Å². The summed E-state index contributed by atoms with van der Waals surface area (Å²) in [5, 5.41) is 22.5. The topological polar surface area (TPSA) is 105 Å². The summed E-state index contributed by atoms with van der Waals surface area (Å²) in [4.78, 5) is 22.5. The summed E-state index contributed by atoms with van der Waals surface area (Å²) >= 11 is 12.6. The number of carbonyl (C=O) groups is 1. The van der Waals surface area contributed by atoms with Gasteiger partial charge in [-0.25, -0.2) is 0 Å². The average Bonchev–Trinajstić information content (AvgIpc) is 2.60. The summed E-state index contributed by atoms with van der Waals surface area (Å²) in [5.74, 6) is -0.121. The summed E-state index contributed by atoms with van der Waals surface area (Å²) < 4.78 is 6.49. The zero-order valence-electron chi connectivity index (χ0n) is 13.6. The number of non-ortho nitro benzene ring substituents is 1. The molecule has 0 atom stereocenters. The smallest absolute Gasteiger partial charge is 0.271 e. The number of halogens is 3. The maximum absolute atomic E-state index is 12.4. The number of nitrogens with zero attached hydrogens (tertiary/aromatic N) is 2. The van der Waals surface area contributed by atoms with Gasteiger partial charge in [-0.05, 0) is 61.7 Å². The fourth-order valence-electron chi connectivity index (χ4n) is 2.08. The molecule has 0 aliphatic heterocycles. The van der Waals surface area contributed by atoms with Crippen LogP contribution in [0.5, 0.6) is 5.75 Å². The maximum Gasteiger partial charge on any atom is 0.271 e. The number of nitrogens with one attached hydrogen (secondary N) is 1. The van der Waals surface area contributed by atoms with Crippen LogP contribution < -0.4 is 10.1 Å². The summed E-state index contributed by atoms with van der Waals surface area (Å²) in [5.41, 5.74) is 0.358. The van der Waals surface area contributed by atoms with Gasteiger partial charge in [0.2, 0.25) is 0 Å². The van der Waals surface area contributed by atoms with E-state index in [-0.39, 0.29) is 22.0 Å². The van der Waals surface area contributed by atoms with Crippen molar-refractivity contribution in [2.75, 3.05) is 12.4 Å². The second kappa shape index (κ2) is 8.99. The lowest BCUT2D eigenvalue weighted by molar-refractivity contribution is -0.384. The molecule has 0 heterocycles. The van der Waals surface area contributed by atoms with Crippen molar-refractivity contribution in [3.05, 3.63) is 65.6 Å². The number of amides is 1. The highest BCUT2D eigenvalue weighted by Crippen LogP contribution is 2.35. The summed E-state index contributed by atoms with van der Waals surface area (Å²) in [6, 6.07) is 8.82. The van der Waals surface area contributed by atoms with E-state index in [4.69, 9.17) is 16.3 Å². The van der Waals surface area contributed by atoms with Crippen molar-refractivity contribution in [2.45, 2.75) is 0 Å². The first kappa shape index (κ1) is 20.9. The minimum absolute atomic E-state index is 0.00947. The lowest BCUT2D eigenvalue weighted by Crippen LogP contribution is -2.13. The normalized spacial score (nSPS) is 10.9. The number of ether oxygens (including phenoxy) is 1. The second-order valence-electron chi connectivity index (χ2n) is 5.06. The number of methoxy groups -OCH3 is 1. The van der Waals surface area contributed by atoms with Crippen molar-refractivity contribution in [3.63, 3.8) is 0 Å². The molecule has 2 aromatic carbocycles. The molecule has 0 unspecified atom stereocenters. The van der Waals surface area contributed by atoms with E-state index >= 15 is 0 Å². The third-order valence-electron chi connectivity index (χ3n) is 3.31. The zero-order valence-corrected chi connectivity index (χ0v) is 17.6. The molecule has 2 aromatic rings. The van der Waals surface area contributed by atoms with Crippen molar-refractivity contribution in [3.8, 4) is 11.8 Å². The summed E-state index contributed by atoms with van der Waals surface area (Å²) in [6.45, 7) is 0. The van der Waals surface area contributed by atoms with Crippen LogP contribution in [-0.2, 0) is 4.79 Å². The van der Waals surface area contributed by atoms with Crippen LogP contribution >= 0.6 is 43.5 Å². The SMILES string of the molecule is COc1c(Br)cc(C=C(C#N)C(=O)Nc2ccc([N+](=O)[O-])cc2Cl)cc1Br. The Kier molecular flexibility index (Phi) is 6.96. The molecule has 0 aliphatic carbocycles. The van der Waals surface area contributed by atoms with E-state index in [2.05, 4.69) is 37.2 Å². The molecular weight excluding hydrogens is 505 g/mol. The molecule has 0 spiro atoms. The second-order valence-corrected chi connectivity index (χ2v) is 7.18. The van der Waals surface area contributed by atoms with Crippen LogP contribution in [0.25, 0.3) is 6.08 Å². The molecule has 0 aromatic heterocycles. The largest absolute Gasteiger partial charge is 0.494 e. The summed E-state index contributed by atoms with van der Waals surface area (Å²) in [6.07, 6.45) is 1.39. The predicted molar refractivity (Wildman–Crippen MR) is 109 cm³/mol. The Morgan fingerprint density at radius 3 is 2.44 bits per heavy atom. The molecule has 1 amide bonds. The van der Waals surface area contributed by atoms with Gasteiger partial charge in [0, 0.05) is 12.1 Å². The number of nitro groups is 1. The Hall–Kier alpha value is -2.41. The van der Waals surface area contributed by atoms with E-state index < -0.39 is 10.8 Å². The Balaban J connectivity index is 2.30. The van der Waals surface area contributed by atoms with Crippen LogP contribution in [0.1, 0.15) is 5.56 Å². The molecule has 0 bridgehead atoms. The molecule has 0 saturated heterocycles. The van der Waals surface area contributed by atoms with E-state index in [1.807, 2.05) is 6.07 Å². The van der Waals surface area contributed by atoms with E-state index in [0.29, 0.717) is 20.3 Å². The van der Waals surface area contributed by atoms with Gasteiger partial charge in [0.1, 0.15) is 17.4 Å². The highest BCUT2D eigenvalue weighted by molar-refractivity contribution is 9.11. The number of nitriles is 1. The first-order valence-corrected chi connectivity index (χ1v) is 9.13. The van der Waals surface area contributed by atoms with Crippen LogP contribution in [0.4, 0.5) is 11.4 Å². The third-order valence-corrected chi connectivity index (χ3v) is 4.80. The molecule has 0 saturated carbocycles. The van der Waals surface area contributed by atoms with Crippen molar-refractivity contribution in [1.29, 1.82) is 5.26 Å². The van der Waals surface area contributed by atoms with Gasteiger partial charge in [-0.15, -0.1) is 0 Å². The number of hydrogen-bond acceptors (Lipinski definition) is 5. The third kappa shape index (κ3) is 5.07. The molecule has 27 heavy (non-hydrogen) atoms. The zero-order chi connectivity index (χ0) is 20.1. The maximum atomic E-state index is 12.4. The van der Waals surface area contributed by atoms with Crippen LogP contribution in [0, 0.1) is 21.4 Å². The fraction of sp³-hybridized carbons (Fsp3) is 0.0588. The standard InChI is InChI=1S/C17H10Br2ClN3O4/c1-27-16-12(18)5-9(6-13(16)19)4-10(8-21)17(24)22-15-3-2-11(23(25)26)7-14(15)20/h2-7H,1H3,(H,22,24). The Bertz CT molecular complexity index is 979. The quantitative estimate of drug-likeness (QED) is 0.251. The van der Waals surface area contributed by atoms with Gasteiger partial charge in [-0.3, -0.25) is 14.9 Å². The molecule has 1 N–H and O–H groups in total. The predicted octanol–water partition coefficient (Wildman–Crippen LogP) is 5.33. The lowest BCUT2D eigenvalue weighted by atomic mass is 10.1. The first-order chi connectivity index (χ1) is 12.8. The van der Waals surface area contributed by atoms with Crippen molar-refractivity contribution in [2.24, 2.45) is 0 Å². The van der Waals surface area contributed by atoms with Gasteiger partial charge in [-0.1, -0.05) is 11.6 Å². The molecule has 10 heteroatoms. The fourth-order valence-corrected chi connectivity index (χ4v) is 3.85. The Morgan fingerprint density at radius 2 is 1.96 bits per heavy atom. The van der Waals surface area contributed by atoms with E-state index in [1.165, 1.54) is 25.3 Å². The van der Waals surface area contributed by atoms with Gasteiger partial charge >= 0.3 is 0 Å². The van der Waals surface area contributed by atoms with Crippen LogP contribution in [0.15, 0.2) is 44.9 Å². The average molecular weight is 516 g/mol. The minimum atomic E-state index is -0.698. The van der Waals surface area contributed by atoms with Gasteiger partial charge in [0.25, 0.3) is 11.6 Å². The van der Waals surface area contributed by atoms with Crippen LogP contribution in [0.3, 0.4) is 0 Å². The van der Waals surface area contributed by atoms with E-state index in [9.17, 15) is 20.2 Å². The van der Waals surface area contributed by atoms with Crippen molar-refractivity contribution in [1.82, 2.24) is 0 Å². The minimum Gasteiger partial charge on any atom is -0.494 e. The van der Waals surface area contributed by atoms with Crippen LogP contribution in [0.2, 0.25) is 5.02 Å². The Morgan fingerprint density at radius 1 is 1.33 bits per heavy atom. The molecule has 7 nitrogen and oxygen atoms in total. The van der Waals surface area contributed by atoms with E-state index in [0.717, 1.165) is 6.07 Å². The number of hydrogen-bond donors (Lipinski definition) is 1. The highest BCUT2D eigenvalue weighted by Gasteiger charge is 2.15. The van der Waals surface area contributed by atoms with Gasteiger partial charge in [-0.2, -0.15) is 5.26 Å². The van der Waals surface area contributed by atoms with Crippen molar-refractivity contribution >= 4 is 66.8 Å². The molecule has 2 rings (SSSR count). The molecule has 0 aliphatic rings. The van der Waals surface area contributed by atoms with Gasteiger partial charge in [0.05, 0.1) is 31.7 Å². The highest BCUT2D eigenvalue weighted by atomic mass is 79.9.